The van der Waals surface area contributed by atoms with E-state index >= 15 is 0 Å². The normalized spacial score (nSPS) is 11.4. The number of amides is 1. The first-order chi connectivity index (χ1) is 14.3. The average Bonchev–Trinajstić information content (AvgIpc) is 3.14. The van der Waals surface area contributed by atoms with Crippen LogP contribution in [0.3, 0.4) is 0 Å². The molecule has 6 N–H and O–H groups in total. The van der Waals surface area contributed by atoms with Crippen LogP contribution in [-0.4, -0.2) is 39.2 Å². The van der Waals surface area contributed by atoms with Crippen LogP contribution < -0.4 is 11.5 Å². The zero-order chi connectivity index (χ0) is 23.8. The van der Waals surface area contributed by atoms with Gasteiger partial charge in [-0.05, 0) is 17.7 Å². The number of nitrogens with two attached hydrogens (primary N) is 2. The fourth-order valence-corrected chi connectivity index (χ4v) is 2.94. The van der Waals surface area contributed by atoms with Crippen LogP contribution in [0, 0.1) is 0 Å². The molecule has 3 rings (SSSR count). The van der Waals surface area contributed by atoms with Gasteiger partial charge in [-0.25, -0.2) is 9.78 Å². The van der Waals surface area contributed by atoms with Crippen LogP contribution in [0.1, 0.15) is 21.4 Å². The second-order valence-corrected chi connectivity index (χ2v) is 6.94. The molecule has 1 amide bonds. The van der Waals surface area contributed by atoms with E-state index in [1.54, 1.807) is 30.3 Å². The Kier molecular flexibility index (Phi) is 9.37. The standard InChI is InChI=1S/C8H5ClN2OS.C8H9NO2.C2HF3O2/c9-4-2-1-3-5-6(4)11-8(13-5)7(10)12;9-7(8(10)11)6-4-2-1-3-5-6;3-2(4,5)1(6)7/h1-3H,(H2,10,12);1-5,7H,9H2,(H,10,11);(H,6,7)/t;7-;/m.0./s1. The van der Waals surface area contributed by atoms with Gasteiger partial charge < -0.3 is 21.7 Å². The number of thiazole rings is 1. The van der Waals surface area contributed by atoms with Gasteiger partial charge in [-0.1, -0.05) is 48.0 Å². The number of hydrogen-bond acceptors (Lipinski definition) is 6. The molecule has 3 aromatic rings. The first-order valence-electron chi connectivity index (χ1n) is 8.03. The molecule has 1 heterocycles. The van der Waals surface area contributed by atoms with Gasteiger partial charge in [0.2, 0.25) is 0 Å². The molecule has 13 heteroatoms. The predicted molar refractivity (Wildman–Crippen MR) is 108 cm³/mol. The zero-order valence-electron chi connectivity index (χ0n) is 15.3. The van der Waals surface area contributed by atoms with E-state index in [2.05, 4.69) is 4.98 Å². The number of aliphatic carboxylic acids is 2. The number of carboxylic acid groups (broad SMARTS) is 2. The molecule has 0 saturated carbocycles. The molecular formula is C18H15ClF3N3O5S. The Labute approximate surface area is 181 Å². The van der Waals surface area contributed by atoms with Crippen LogP contribution in [0.4, 0.5) is 13.2 Å². The van der Waals surface area contributed by atoms with E-state index in [1.165, 1.54) is 11.3 Å². The van der Waals surface area contributed by atoms with Crippen molar-refractivity contribution in [1.82, 2.24) is 4.98 Å². The van der Waals surface area contributed by atoms with E-state index in [4.69, 9.17) is 38.1 Å². The summed E-state index contributed by atoms with van der Waals surface area (Å²) in [5.41, 5.74) is 11.7. The minimum atomic E-state index is -5.08. The maximum atomic E-state index is 10.8. The number of hydrogen-bond donors (Lipinski definition) is 4. The van der Waals surface area contributed by atoms with E-state index < -0.39 is 30.1 Å². The van der Waals surface area contributed by atoms with Gasteiger partial charge in [-0.15, -0.1) is 11.3 Å². The van der Waals surface area contributed by atoms with Gasteiger partial charge in [-0.3, -0.25) is 9.59 Å². The lowest BCUT2D eigenvalue weighted by Gasteiger charge is -2.04. The largest absolute Gasteiger partial charge is 0.490 e. The summed E-state index contributed by atoms with van der Waals surface area (Å²) >= 11 is 7.12. The van der Waals surface area contributed by atoms with Crippen molar-refractivity contribution >= 4 is 51.0 Å². The number of fused-ring (bicyclic) bond motifs is 1. The molecule has 0 aliphatic carbocycles. The number of carboxylic acids is 2. The van der Waals surface area contributed by atoms with Crippen molar-refractivity contribution < 1.29 is 37.8 Å². The summed E-state index contributed by atoms with van der Waals surface area (Å²) in [6.45, 7) is 0. The number of carbonyl (C=O) groups excluding carboxylic acids is 1. The van der Waals surface area contributed by atoms with Crippen molar-refractivity contribution in [3.63, 3.8) is 0 Å². The number of nitrogens with zero attached hydrogens (tertiary/aromatic N) is 1. The summed E-state index contributed by atoms with van der Waals surface area (Å²) in [5.74, 6) is -4.28. The molecule has 0 aliphatic rings. The minimum absolute atomic E-state index is 0.295. The Bertz CT molecular complexity index is 1060. The molecule has 0 fully saturated rings. The second kappa shape index (κ2) is 11.2. The molecule has 0 bridgehead atoms. The number of carbonyl (C=O) groups is 3. The number of rotatable bonds is 3. The highest BCUT2D eigenvalue weighted by atomic mass is 35.5. The highest BCUT2D eigenvalue weighted by Gasteiger charge is 2.38. The summed E-state index contributed by atoms with van der Waals surface area (Å²) in [4.78, 5) is 34.1. The molecule has 0 unspecified atom stereocenters. The fraction of sp³-hybridized carbons (Fsp3) is 0.111. The molecule has 0 radical (unpaired) electrons. The van der Waals surface area contributed by atoms with Crippen LogP contribution >= 0.6 is 22.9 Å². The highest BCUT2D eigenvalue weighted by Crippen LogP contribution is 2.27. The minimum Gasteiger partial charge on any atom is -0.480 e. The Balaban J connectivity index is 0.000000245. The summed E-state index contributed by atoms with van der Waals surface area (Å²) in [6.07, 6.45) is -5.08. The van der Waals surface area contributed by atoms with Crippen LogP contribution in [0.5, 0.6) is 0 Å². The van der Waals surface area contributed by atoms with E-state index in [9.17, 15) is 22.8 Å². The number of halogens is 4. The predicted octanol–water partition coefficient (Wildman–Crippen LogP) is 3.45. The molecule has 166 valence electrons. The summed E-state index contributed by atoms with van der Waals surface area (Å²) in [5, 5.41) is 16.5. The lowest BCUT2D eigenvalue weighted by Crippen LogP contribution is -2.21. The monoisotopic (exact) mass is 477 g/mol. The smallest absolute Gasteiger partial charge is 0.480 e. The number of para-hydroxylation sites is 1. The summed E-state index contributed by atoms with van der Waals surface area (Å²) in [6, 6.07) is 13.2. The molecule has 2 aromatic carbocycles. The van der Waals surface area contributed by atoms with E-state index in [-0.39, 0.29) is 0 Å². The van der Waals surface area contributed by atoms with Gasteiger partial charge in [0.05, 0.1) is 9.72 Å². The van der Waals surface area contributed by atoms with E-state index in [0.717, 1.165) is 4.70 Å². The van der Waals surface area contributed by atoms with Crippen molar-refractivity contribution in [2.45, 2.75) is 12.2 Å². The second-order valence-electron chi connectivity index (χ2n) is 5.50. The molecule has 1 aromatic heterocycles. The molecular weight excluding hydrogens is 463 g/mol. The first kappa shape index (κ1) is 25.8. The quantitative estimate of drug-likeness (QED) is 0.450. The van der Waals surface area contributed by atoms with Crippen LogP contribution in [-0.2, 0) is 9.59 Å². The third-order valence-corrected chi connectivity index (χ3v) is 4.59. The van der Waals surface area contributed by atoms with Crippen molar-refractivity contribution in [1.29, 1.82) is 0 Å². The Morgan fingerprint density at radius 2 is 1.58 bits per heavy atom. The van der Waals surface area contributed by atoms with Gasteiger partial charge in [-0.2, -0.15) is 13.2 Å². The van der Waals surface area contributed by atoms with Gasteiger partial charge >= 0.3 is 18.1 Å². The maximum absolute atomic E-state index is 10.8. The molecule has 1 atom stereocenters. The number of aromatic nitrogens is 1. The first-order valence-corrected chi connectivity index (χ1v) is 9.22. The Morgan fingerprint density at radius 1 is 1.03 bits per heavy atom. The Hall–Kier alpha value is -3.22. The Morgan fingerprint density at radius 3 is 2.00 bits per heavy atom. The maximum Gasteiger partial charge on any atom is 0.490 e. The number of primary amides is 1. The van der Waals surface area contributed by atoms with Crippen LogP contribution in [0.15, 0.2) is 48.5 Å². The van der Waals surface area contributed by atoms with Crippen molar-refractivity contribution in [3.05, 3.63) is 64.1 Å². The van der Waals surface area contributed by atoms with Gasteiger partial charge in [0.1, 0.15) is 11.6 Å². The highest BCUT2D eigenvalue weighted by molar-refractivity contribution is 7.20. The van der Waals surface area contributed by atoms with Gasteiger partial charge in [0.15, 0.2) is 5.01 Å². The number of alkyl halides is 3. The SMILES string of the molecule is NC(=O)c1nc2c(Cl)cccc2s1.N[C@H](C(=O)O)c1ccccc1.O=C(O)C(F)(F)F. The molecule has 0 aliphatic heterocycles. The lowest BCUT2D eigenvalue weighted by molar-refractivity contribution is -0.192. The summed E-state index contributed by atoms with van der Waals surface area (Å²) in [7, 11) is 0. The van der Waals surface area contributed by atoms with Crippen molar-refractivity contribution in [3.8, 4) is 0 Å². The van der Waals surface area contributed by atoms with E-state index in [0.29, 0.717) is 21.1 Å². The third kappa shape index (κ3) is 8.20. The number of benzene rings is 2. The van der Waals surface area contributed by atoms with Crippen LogP contribution in [0.25, 0.3) is 10.2 Å². The fourth-order valence-electron chi connectivity index (χ4n) is 1.82. The van der Waals surface area contributed by atoms with Gasteiger partial charge in [0, 0.05) is 0 Å². The van der Waals surface area contributed by atoms with Crippen LogP contribution in [0.2, 0.25) is 5.02 Å². The zero-order valence-corrected chi connectivity index (χ0v) is 16.9. The molecule has 0 spiro atoms. The lowest BCUT2D eigenvalue weighted by atomic mass is 10.1. The van der Waals surface area contributed by atoms with Crippen molar-refractivity contribution in [2.24, 2.45) is 11.5 Å². The molecule has 8 nitrogen and oxygen atoms in total. The van der Waals surface area contributed by atoms with Gasteiger partial charge in [0.25, 0.3) is 5.91 Å². The van der Waals surface area contributed by atoms with E-state index in [1.807, 2.05) is 18.2 Å². The topological polar surface area (TPSA) is 157 Å². The molecule has 0 saturated heterocycles. The third-order valence-electron chi connectivity index (χ3n) is 3.25. The van der Waals surface area contributed by atoms with Crippen molar-refractivity contribution in [2.75, 3.05) is 0 Å². The molecule has 31 heavy (non-hydrogen) atoms. The average molecular weight is 478 g/mol. The summed E-state index contributed by atoms with van der Waals surface area (Å²) < 4.78 is 32.6.